The van der Waals surface area contributed by atoms with Gasteiger partial charge in [-0.05, 0) is 61.7 Å². The van der Waals surface area contributed by atoms with Crippen molar-refractivity contribution in [2.45, 2.75) is 44.3 Å². The first-order chi connectivity index (χ1) is 27.6. The van der Waals surface area contributed by atoms with Crippen LogP contribution >= 0.6 is 0 Å². The quantitative estimate of drug-likeness (QED) is 0.146. The number of hydrogen-bond donors (Lipinski definition) is 0. The lowest BCUT2D eigenvalue weighted by molar-refractivity contribution is 0.794. The van der Waals surface area contributed by atoms with Crippen molar-refractivity contribution in [3.63, 3.8) is 0 Å². The summed E-state index contributed by atoms with van der Waals surface area (Å²) in [5, 5.41) is 1.52. The minimum absolute atomic E-state index is 0.332. The number of nitrogens with zero attached hydrogens (tertiary/aromatic N) is 3. The van der Waals surface area contributed by atoms with Crippen molar-refractivity contribution in [2.24, 2.45) is 0 Å². The number of hydrogen-bond acceptors (Lipinski definition) is 3. The number of aromatic nitrogens is 3. The molecule has 7 aromatic carbocycles. The number of rotatable bonds is 8. The molecule has 0 atom stereocenters. The van der Waals surface area contributed by atoms with Crippen LogP contribution in [0.25, 0.3) is 67.5 Å². The van der Waals surface area contributed by atoms with Crippen LogP contribution in [0.15, 0.2) is 170 Å². The summed E-state index contributed by atoms with van der Waals surface area (Å²) in [6, 6.07) is 65.8. The molecular weight excluding hydrogens is 695 g/mol. The molecule has 0 bridgehead atoms. The van der Waals surface area contributed by atoms with E-state index >= 15 is 0 Å². The molecule has 0 saturated carbocycles. The first kappa shape index (κ1) is 34.3. The van der Waals surface area contributed by atoms with Crippen LogP contribution in [0, 0.1) is 0 Å². The SMILES string of the molecule is CC[Si](CC)(CC)c1ccc(-c2nc(-c3ccccc3)nc(-c3ccc(-c4ccc5c(c4)-c4ccccc4C54c5ccccc5-c5ccccc54)cc3)n2)cc1. The van der Waals surface area contributed by atoms with E-state index in [1.54, 1.807) is 0 Å². The zero-order valence-corrected chi connectivity index (χ0v) is 33.1. The average molecular weight is 738 g/mol. The zero-order chi connectivity index (χ0) is 37.9. The third kappa shape index (κ3) is 5.13. The molecule has 3 nitrogen and oxygen atoms in total. The fourth-order valence-electron chi connectivity index (χ4n) is 9.78. The predicted molar refractivity (Wildman–Crippen MR) is 235 cm³/mol. The van der Waals surface area contributed by atoms with Crippen molar-refractivity contribution < 1.29 is 0 Å². The Morgan fingerprint density at radius 3 is 1.23 bits per heavy atom. The molecular formula is C52H43N3Si. The summed E-state index contributed by atoms with van der Waals surface area (Å²) in [6.45, 7) is 7.07. The molecule has 0 N–H and O–H groups in total. The van der Waals surface area contributed by atoms with Gasteiger partial charge in [0.25, 0.3) is 0 Å². The Morgan fingerprint density at radius 2 is 0.732 bits per heavy atom. The molecule has 270 valence electrons. The lowest BCUT2D eigenvalue weighted by atomic mass is 9.70. The molecule has 8 aromatic rings. The van der Waals surface area contributed by atoms with Crippen molar-refractivity contribution in [1.82, 2.24) is 15.0 Å². The van der Waals surface area contributed by atoms with Crippen molar-refractivity contribution >= 4 is 13.3 Å². The topological polar surface area (TPSA) is 38.7 Å². The third-order valence-corrected chi connectivity index (χ3v) is 18.5. The summed E-state index contributed by atoms with van der Waals surface area (Å²) in [5.74, 6) is 2.05. The van der Waals surface area contributed by atoms with Crippen LogP contribution in [0.2, 0.25) is 18.1 Å². The van der Waals surface area contributed by atoms with Gasteiger partial charge in [0.2, 0.25) is 0 Å². The van der Waals surface area contributed by atoms with Gasteiger partial charge in [0.1, 0.15) is 0 Å². The Kier molecular flexibility index (Phi) is 8.27. The predicted octanol–water partition coefficient (Wildman–Crippen LogP) is 12.6. The first-order valence-electron chi connectivity index (χ1n) is 20.0. The molecule has 0 aliphatic heterocycles. The third-order valence-electron chi connectivity index (χ3n) is 12.9. The maximum atomic E-state index is 5.09. The maximum Gasteiger partial charge on any atom is 0.164 e. The molecule has 2 aliphatic rings. The van der Waals surface area contributed by atoms with E-state index in [0.717, 1.165) is 22.3 Å². The molecule has 10 rings (SSSR count). The monoisotopic (exact) mass is 737 g/mol. The molecule has 0 fully saturated rings. The highest BCUT2D eigenvalue weighted by Crippen LogP contribution is 2.62. The van der Waals surface area contributed by atoms with Crippen molar-refractivity contribution in [3.8, 4) is 67.5 Å². The summed E-state index contributed by atoms with van der Waals surface area (Å²) in [5.41, 5.74) is 15.7. The van der Waals surface area contributed by atoms with Crippen LogP contribution in [0.5, 0.6) is 0 Å². The summed E-state index contributed by atoms with van der Waals surface area (Å²) < 4.78 is 0. The lowest BCUT2D eigenvalue weighted by Crippen LogP contribution is -2.45. The van der Waals surface area contributed by atoms with Crippen molar-refractivity contribution in [1.29, 1.82) is 0 Å². The average Bonchev–Trinajstić information content (AvgIpc) is 3.75. The molecule has 0 unspecified atom stereocenters. The van der Waals surface area contributed by atoms with E-state index in [4.69, 9.17) is 15.0 Å². The first-order valence-corrected chi connectivity index (χ1v) is 22.7. The normalized spacial score (nSPS) is 13.3. The van der Waals surface area contributed by atoms with E-state index < -0.39 is 8.07 Å². The maximum absolute atomic E-state index is 5.09. The summed E-state index contributed by atoms with van der Waals surface area (Å²) in [7, 11) is -1.49. The van der Waals surface area contributed by atoms with Gasteiger partial charge in [-0.3, -0.25) is 0 Å². The molecule has 2 aliphatic carbocycles. The second-order valence-corrected chi connectivity index (χ2v) is 20.6. The van der Waals surface area contributed by atoms with E-state index in [1.165, 1.54) is 73.4 Å². The Balaban J connectivity index is 1.04. The molecule has 0 radical (unpaired) electrons. The van der Waals surface area contributed by atoms with Gasteiger partial charge >= 0.3 is 0 Å². The van der Waals surface area contributed by atoms with Crippen LogP contribution in [0.1, 0.15) is 43.0 Å². The van der Waals surface area contributed by atoms with Crippen LogP contribution in [0.3, 0.4) is 0 Å². The van der Waals surface area contributed by atoms with Crippen molar-refractivity contribution in [3.05, 3.63) is 192 Å². The number of fused-ring (bicyclic) bond motifs is 10. The van der Waals surface area contributed by atoms with Crippen molar-refractivity contribution in [2.75, 3.05) is 0 Å². The Hall–Kier alpha value is -6.23. The highest BCUT2D eigenvalue weighted by Gasteiger charge is 2.51. The number of benzene rings is 7. The molecule has 1 aromatic heterocycles. The second-order valence-electron chi connectivity index (χ2n) is 15.3. The molecule has 0 amide bonds. The summed E-state index contributed by atoms with van der Waals surface area (Å²) >= 11 is 0. The molecule has 1 heterocycles. The van der Waals surface area contributed by atoms with Gasteiger partial charge in [0, 0.05) is 16.7 Å². The van der Waals surface area contributed by atoms with Gasteiger partial charge in [0.15, 0.2) is 17.5 Å². The molecule has 1 spiro atoms. The van der Waals surface area contributed by atoms with E-state index in [1.807, 2.05) is 18.2 Å². The summed E-state index contributed by atoms with van der Waals surface area (Å²) in [6.07, 6.45) is 0. The second kappa shape index (κ2) is 13.5. The fourth-order valence-corrected chi connectivity index (χ4v) is 13.4. The van der Waals surface area contributed by atoms with Gasteiger partial charge in [0.05, 0.1) is 13.5 Å². The minimum Gasteiger partial charge on any atom is -0.208 e. The minimum atomic E-state index is -1.49. The van der Waals surface area contributed by atoms with E-state index in [0.29, 0.717) is 17.5 Å². The van der Waals surface area contributed by atoms with Gasteiger partial charge < -0.3 is 0 Å². The van der Waals surface area contributed by atoms with Gasteiger partial charge in [-0.15, -0.1) is 0 Å². The largest absolute Gasteiger partial charge is 0.208 e. The molecule has 0 saturated heterocycles. The van der Waals surface area contributed by atoms with E-state index in [-0.39, 0.29) is 5.41 Å². The van der Waals surface area contributed by atoms with Crippen LogP contribution in [-0.4, -0.2) is 23.0 Å². The van der Waals surface area contributed by atoms with Gasteiger partial charge in [-0.2, -0.15) is 0 Å². The highest BCUT2D eigenvalue weighted by atomic mass is 28.3. The molecule has 4 heteroatoms. The van der Waals surface area contributed by atoms with Crippen LogP contribution in [-0.2, 0) is 5.41 Å². The van der Waals surface area contributed by atoms with Crippen LogP contribution < -0.4 is 5.19 Å². The fraction of sp³-hybridized carbons (Fsp3) is 0.135. The Morgan fingerprint density at radius 1 is 0.357 bits per heavy atom. The smallest absolute Gasteiger partial charge is 0.164 e. The Bertz CT molecular complexity index is 2700. The van der Waals surface area contributed by atoms with Gasteiger partial charge in [-0.25, -0.2) is 15.0 Å². The van der Waals surface area contributed by atoms with E-state index in [9.17, 15) is 0 Å². The highest BCUT2D eigenvalue weighted by molar-refractivity contribution is 6.91. The molecule has 56 heavy (non-hydrogen) atoms. The summed E-state index contributed by atoms with van der Waals surface area (Å²) in [4.78, 5) is 15.1. The zero-order valence-electron chi connectivity index (χ0n) is 32.1. The van der Waals surface area contributed by atoms with E-state index in [2.05, 4.69) is 172 Å². The standard InChI is InChI=1S/C52H43N3Si/c1-4-56(5-2,6-3)40-31-28-38(29-32-40)51-54-49(36-16-8-7-9-17-36)53-50(55-51)37-26-24-35(25-27-37)39-30-33-48-44(34-39)43-20-12-15-23-47(43)52(48)45-21-13-10-18-41(45)42-19-11-14-22-46(42)52/h7-34H,4-6H2,1-3H3. The lowest BCUT2D eigenvalue weighted by Gasteiger charge is -2.30. The Labute approximate surface area is 330 Å². The van der Waals surface area contributed by atoms with Crippen LogP contribution in [0.4, 0.5) is 0 Å². The van der Waals surface area contributed by atoms with Gasteiger partial charge in [-0.1, -0.05) is 208 Å².